The van der Waals surface area contributed by atoms with Crippen molar-refractivity contribution in [1.82, 2.24) is 20.1 Å². The Bertz CT molecular complexity index is 1220. The molecular formula is C27H29FN4O3. The van der Waals surface area contributed by atoms with Gasteiger partial charge in [-0.2, -0.15) is 0 Å². The van der Waals surface area contributed by atoms with E-state index in [1.54, 1.807) is 29.2 Å². The van der Waals surface area contributed by atoms with Gasteiger partial charge in [-0.3, -0.25) is 9.59 Å². The Kier molecular flexibility index (Phi) is 7.01. The molecule has 2 amide bonds. The van der Waals surface area contributed by atoms with E-state index in [1.807, 2.05) is 12.1 Å². The highest BCUT2D eigenvalue weighted by molar-refractivity contribution is 6.07. The quantitative estimate of drug-likeness (QED) is 0.591. The second kappa shape index (κ2) is 10.5. The van der Waals surface area contributed by atoms with Crippen molar-refractivity contribution in [3.63, 3.8) is 0 Å². The Morgan fingerprint density at radius 2 is 1.71 bits per heavy atom. The minimum Gasteiger partial charge on any atom is -0.378 e. The largest absolute Gasteiger partial charge is 0.378 e. The molecule has 1 N–H and O–H groups in total. The smallest absolute Gasteiger partial charge is 0.254 e. The third kappa shape index (κ3) is 5.33. The van der Waals surface area contributed by atoms with E-state index in [9.17, 15) is 14.0 Å². The molecular weight excluding hydrogens is 447 g/mol. The number of rotatable bonds is 6. The van der Waals surface area contributed by atoms with Gasteiger partial charge in [-0.15, -0.1) is 0 Å². The molecule has 35 heavy (non-hydrogen) atoms. The van der Waals surface area contributed by atoms with Crippen LogP contribution in [0, 0.1) is 5.82 Å². The van der Waals surface area contributed by atoms with Gasteiger partial charge in [0.15, 0.2) is 0 Å². The number of aromatic nitrogens is 1. The highest BCUT2D eigenvalue weighted by Gasteiger charge is 2.19. The molecule has 0 bridgehead atoms. The van der Waals surface area contributed by atoms with Crippen LogP contribution in [0.15, 0.2) is 48.5 Å². The third-order valence-corrected chi connectivity index (χ3v) is 6.65. The van der Waals surface area contributed by atoms with Gasteiger partial charge in [0.2, 0.25) is 0 Å². The van der Waals surface area contributed by atoms with E-state index in [1.165, 1.54) is 25.0 Å². The molecule has 2 aliphatic rings. The van der Waals surface area contributed by atoms with Crippen LogP contribution in [-0.2, 0) is 4.74 Å². The average molecular weight is 477 g/mol. The van der Waals surface area contributed by atoms with Gasteiger partial charge in [-0.1, -0.05) is 12.1 Å². The number of nitrogens with one attached hydrogen (secondary N) is 1. The van der Waals surface area contributed by atoms with Crippen molar-refractivity contribution >= 4 is 22.7 Å². The van der Waals surface area contributed by atoms with Gasteiger partial charge in [0.05, 0.1) is 30.0 Å². The Balaban J connectivity index is 1.39. The summed E-state index contributed by atoms with van der Waals surface area (Å²) in [7, 11) is 0. The van der Waals surface area contributed by atoms with Crippen LogP contribution in [0.1, 0.15) is 33.6 Å². The first kappa shape index (κ1) is 23.4. The van der Waals surface area contributed by atoms with Gasteiger partial charge in [-0.25, -0.2) is 9.37 Å². The second-order valence-electron chi connectivity index (χ2n) is 9.00. The standard InChI is InChI=1S/C27H29FN4O3/c28-21-7-8-24-22(17-21)23(26(33)29-9-12-31-10-1-2-11-31)18-25(30-24)19-3-5-20(6-4-19)27(34)32-13-15-35-16-14-32/h3-8,17-18H,1-2,9-16H2,(H,29,33). The minimum absolute atomic E-state index is 0.0279. The zero-order valence-electron chi connectivity index (χ0n) is 19.6. The molecule has 3 aromatic rings. The summed E-state index contributed by atoms with van der Waals surface area (Å²) in [6, 6.07) is 13.2. The molecule has 8 heteroatoms. The van der Waals surface area contributed by atoms with Crippen molar-refractivity contribution in [2.45, 2.75) is 12.8 Å². The van der Waals surface area contributed by atoms with Crippen LogP contribution in [0.3, 0.4) is 0 Å². The maximum absolute atomic E-state index is 14.0. The zero-order chi connectivity index (χ0) is 24.2. The van der Waals surface area contributed by atoms with Crippen LogP contribution >= 0.6 is 0 Å². The van der Waals surface area contributed by atoms with Crippen molar-refractivity contribution in [2.75, 3.05) is 52.5 Å². The lowest BCUT2D eigenvalue weighted by atomic mass is 10.0. The second-order valence-corrected chi connectivity index (χ2v) is 9.00. The lowest BCUT2D eigenvalue weighted by molar-refractivity contribution is 0.0303. The van der Waals surface area contributed by atoms with Crippen LogP contribution in [0.4, 0.5) is 4.39 Å². The molecule has 2 aromatic carbocycles. The van der Waals surface area contributed by atoms with Gasteiger partial charge >= 0.3 is 0 Å². The lowest BCUT2D eigenvalue weighted by Crippen LogP contribution is -2.40. The van der Waals surface area contributed by atoms with Crippen molar-refractivity contribution in [3.05, 3.63) is 65.5 Å². The lowest BCUT2D eigenvalue weighted by Gasteiger charge is -2.26. The molecule has 182 valence electrons. The number of halogens is 1. The molecule has 0 spiro atoms. The first-order valence-electron chi connectivity index (χ1n) is 12.2. The van der Waals surface area contributed by atoms with Crippen LogP contribution in [0.25, 0.3) is 22.2 Å². The van der Waals surface area contributed by atoms with E-state index >= 15 is 0 Å². The highest BCUT2D eigenvalue weighted by atomic mass is 19.1. The molecule has 5 rings (SSSR count). The summed E-state index contributed by atoms with van der Waals surface area (Å²) in [5.41, 5.74) is 2.90. The van der Waals surface area contributed by atoms with Crippen LogP contribution in [0.2, 0.25) is 0 Å². The van der Waals surface area contributed by atoms with Crippen LogP contribution in [0.5, 0.6) is 0 Å². The molecule has 3 heterocycles. The Morgan fingerprint density at radius 1 is 0.971 bits per heavy atom. The number of fused-ring (bicyclic) bond motifs is 1. The number of hydrogen-bond donors (Lipinski definition) is 1. The summed E-state index contributed by atoms with van der Waals surface area (Å²) in [5, 5.41) is 3.46. The molecule has 0 radical (unpaired) electrons. The van der Waals surface area contributed by atoms with Crippen molar-refractivity contribution in [1.29, 1.82) is 0 Å². The number of ether oxygens (including phenoxy) is 1. The Morgan fingerprint density at radius 3 is 2.46 bits per heavy atom. The number of carbonyl (C=O) groups excluding carboxylic acids is 2. The molecule has 0 saturated carbocycles. The number of benzene rings is 2. The number of morpholine rings is 1. The Labute approximate surface area is 203 Å². The summed E-state index contributed by atoms with van der Waals surface area (Å²) in [5.74, 6) is -0.688. The first-order valence-corrected chi connectivity index (χ1v) is 12.2. The van der Waals surface area contributed by atoms with Crippen LogP contribution < -0.4 is 5.32 Å². The van der Waals surface area contributed by atoms with Gasteiger partial charge in [0.1, 0.15) is 5.82 Å². The zero-order valence-corrected chi connectivity index (χ0v) is 19.6. The predicted molar refractivity (Wildman–Crippen MR) is 132 cm³/mol. The molecule has 2 saturated heterocycles. The van der Waals surface area contributed by atoms with Gasteiger partial charge in [-0.05, 0) is 62.3 Å². The number of amides is 2. The Hall–Kier alpha value is -3.36. The summed E-state index contributed by atoms with van der Waals surface area (Å²) in [6.07, 6.45) is 2.39. The van der Waals surface area contributed by atoms with E-state index in [4.69, 9.17) is 4.74 Å². The van der Waals surface area contributed by atoms with Crippen molar-refractivity contribution in [2.24, 2.45) is 0 Å². The molecule has 2 aliphatic heterocycles. The predicted octanol–water partition coefficient (Wildman–Crippen LogP) is 3.34. The number of hydrogen-bond acceptors (Lipinski definition) is 5. The molecule has 0 unspecified atom stereocenters. The number of nitrogens with zero attached hydrogens (tertiary/aromatic N) is 3. The minimum atomic E-state index is -0.413. The van der Waals surface area contributed by atoms with Gasteiger partial charge < -0.3 is 19.9 Å². The van der Waals surface area contributed by atoms with Crippen LogP contribution in [-0.4, -0.2) is 79.1 Å². The van der Waals surface area contributed by atoms with Gasteiger partial charge in [0.25, 0.3) is 11.8 Å². The number of carbonyl (C=O) groups is 2. The maximum atomic E-state index is 14.0. The summed E-state index contributed by atoms with van der Waals surface area (Å²) >= 11 is 0. The summed E-state index contributed by atoms with van der Waals surface area (Å²) < 4.78 is 19.3. The molecule has 0 atom stereocenters. The third-order valence-electron chi connectivity index (χ3n) is 6.65. The van der Waals surface area contributed by atoms with E-state index < -0.39 is 5.82 Å². The summed E-state index contributed by atoms with van der Waals surface area (Å²) in [6.45, 7) is 5.73. The monoisotopic (exact) mass is 476 g/mol. The SMILES string of the molecule is O=C(NCCN1CCCC1)c1cc(-c2ccc(C(=O)N3CCOCC3)cc2)nc2ccc(F)cc12. The fraction of sp³-hybridized carbons (Fsp3) is 0.370. The van der Waals surface area contributed by atoms with E-state index in [2.05, 4.69) is 15.2 Å². The first-order chi connectivity index (χ1) is 17.1. The molecule has 7 nitrogen and oxygen atoms in total. The molecule has 1 aromatic heterocycles. The highest BCUT2D eigenvalue weighted by Crippen LogP contribution is 2.26. The summed E-state index contributed by atoms with van der Waals surface area (Å²) in [4.78, 5) is 34.6. The van der Waals surface area contributed by atoms with E-state index in [0.29, 0.717) is 60.6 Å². The van der Waals surface area contributed by atoms with Crippen molar-refractivity contribution < 1.29 is 18.7 Å². The topological polar surface area (TPSA) is 74.8 Å². The number of likely N-dealkylation sites (tertiary alicyclic amines) is 1. The molecule has 2 fully saturated rings. The maximum Gasteiger partial charge on any atom is 0.254 e. The van der Waals surface area contributed by atoms with E-state index in [-0.39, 0.29) is 11.8 Å². The fourth-order valence-corrected chi connectivity index (χ4v) is 4.70. The normalized spacial score (nSPS) is 16.5. The number of pyridine rings is 1. The fourth-order valence-electron chi connectivity index (χ4n) is 4.70. The van der Waals surface area contributed by atoms with Gasteiger partial charge in [0, 0.05) is 42.7 Å². The average Bonchev–Trinajstić information content (AvgIpc) is 3.42. The van der Waals surface area contributed by atoms with E-state index in [0.717, 1.165) is 25.2 Å². The van der Waals surface area contributed by atoms with Crippen molar-refractivity contribution in [3.8, 4) is 11.3 Å². The molecule has 0 aliphatic carbocycles.